The Morgan fingerprint density at radius 3 is 2.21 bits per heavy atom. The number of hydrogen-bond acceptors (Lipinski definition) is 1. The highest BCUT2D eigenvalue weighted by Crippen LogP contribution is 2.28. The first kappa shape index (κ1) is 17.5. The third-order valence-electron chi connectivity index (χ3n) is 2.32. The predicted octanol–water partition coefficient (Wildman–Crippen LogP) is 5.98. The first-order valence-electron chi connectivity index (χ1n) is 5.80. The van der Waals surface area contributed by atoms with Crippen molar-refractivity contribution < 1.29 is 4.39 Å². The Kier molecular flexibility index (Phi) is 8.64. The van der Waals surface area contributed by atoms with Crippen molar-refractivity contribution in [2.24, 2.45) is 0 Å². The minimum absolute atomic E-state index is 0. The summed E-state index contributed by atoms with van der Waals surface area (Å²) < 4.78 is 13.3. The molecule has 0 N–H and O–H groups in total. The molecule has 2 heteroatoms. The van der Waals surface area contributed by atoms with Crippen molar-refractivity contribution in [1.29, 1.82) is 0 Å². The van der Waals surface area contributed by atoms with Crippen LogP contribution in [0.1, 0.15) is 19.9 Å². The van der Waals surface area contributed by atoms with Crippen LogP contribution in [-0.4, -0.2) is 0 Å². The van der Waals surface area contributed by atoms with Gasteiger partial charge in [0.15, 0.2) is 0 Å². The molecule has 0 aliphatic rings. The number of rotatable bonds is 3. The predicted molar refractivity (Wildman–Crippen MR) is 84.3 cm³/mol. The zero-order valence-corrected chi connectivity index (χ0v) is 11.3. The van der Waals surface area contributed by atoms with Crippen molar-refractivity contribution in [3.63, 3.8) is 0 Å². The van der Waals surface area contributed by atoms with E-state index in [1.54, 1.807) is 23.9 Å². The maximum absolute atomic E-state index is 13.3. The number of halogens is 1. The van der Waals surface area contributed by atoms with Crippen molar-refractivity contribution in [2.45, 2.75) is 30.6 Å². The Labute approximate surface area is 120 Å². The summed E-state index contributed by atoms with van der Waals surface area (Å²) in [5.74, 6) is -0.155. The van der Waals surface area contributed by atoms with Gasteiger partial charge in [-0.25, -0.2) is 4.39 Å². The Hall–Kier alpha value is -1.54. The monoisotopic (exact) mass is 276 g/mol. The molecule has 0 atom stereocenters. The SMILES string of the molecule is C.C=C.CCc1cc(F)cc(Sc2ccccc2)c1. The molecule has 19 heavy (non-hydrogen) atoms. The lowest BCUT2D eigenvalue weighted by atomic mass is 10.2. The normalized spacial score (nSPS) is 8.95. The lowest BCUT2D eigenvalue weighted by molar-refractivity contribution is 0.622. The Balaban J connectivity index is 0.00000103. The van der Waals surface area contributed by atoms with Gasteiger partial charge >= 0.3 is 0 Å². The molecule has 0 bridgehead atoms. The van der Waals surface area contributed by atoms with Crippen LogP contribution in [0.4, 0.5) is 4.39 Å². The molecule has 0 radical (unpaired) electrons. The fraction of sp³-hybridized carbons (Fsp3) is 0.176. The summed E-state index contributed by atoms with van der Waals surface area (Å²) >= 11 is 1.59. The van der Waals surface area contributed by atoms with Crippen LogP contribution < -0.4 is 0 Å². The third-order valence-corrected chi connectivity index (χ3v) is 3.30. The van der Waals surface area contributed by atoms with Crippen LogP contribution in [0.15, 0.2) is 71.5 Å². The van der Waals surface area contributed by atoms with Gasteiger partial charge in [0.2, 0.25) is 0 Å². The Bertz CT molecular complexity index is 480. The van der Waals surface area contributed by atoms with Crippen LogP contribution in [0, 0.1) is 5.82 Å². The van der Waals surface area contributed by atoms with Crippen LogP contribution in [0.2, 0.25) is 0 Å². The summed E-state index contributed by atoms with van der Waals surface area (Å²) in [5.41, 5.74) is 1.04. The smallest absolute Gasteiger partial charge is 0.124 e. The zero-order chi connectivity index (χ0) is 13.4. The minimum Gasteiger partial charge on any atom is -0.207 e. The van der Waals surface area contributed by atoms with Gasteiger partial charge < -0.3 is 0 Å². The Morgan fingerprint density at radius 1 is 1.00 bits per heavy atom. The molecule has 2 aromatic rings. The molecule has 0 fully saturated rings. The summed E-state index contributed by atoms with van der Waals surface area (Å²) in [6, 6.07) is 15.2. The first-order valence-corrected chi connectivity index (χ1v) is 6.62. The van der Waals surface area contributed by atoms with Gasteiger partial charge in [-0.05, 0) is 42.3 Å². The highest BCUT2D eigenvalue weighted by atomic mass is 32.2. The van der Waals surface area contributed by atoms with E-state index in [1.165, 1.54) is 0 Å². The van der Waals surface area contributed by atoms with E-state index in [0.717, 1.165) is 21.8 Å². The van der Waals surface area contributed by atoms with Crippen LogP contribution >= 0.6 is 11.8 Å². The third kappa shape index (κ3) is 5.75. The van der Waals surface area contributed by atoms with Crippen LogP contribution in [0.3, 0.4) is 0 Å². The standard InChI is InChI=1S/C14H13FS.C2H4.CH4/c1-2-11-8-12(15)10-14(9-11)16-13-6-4-3-5-7-13;1-2;/h3-10H,2H2,1H3;1-2H2;1H4. The van der Waals surface area contributed by atoms with Crippen LogP contribution in [-0.2, 0) is 6.42 Å². The summed E-state index contributed by atoms with van der Waals surface area (Å²) in [5, 5.41) is 0. The molecule has 0 heterocycles. The van der Waals surface area contributed by atoms with Gasteiger partial charge in [-0.3, -0.25) is 0 Å². The number of aryl methyl sites for hydroxylation is 1. The molecule has 0 spiro atoms. The van der Waals surface area contributed by atoms with E-state index in [1.807, 2.05) is 43.3 Å². The van der Waals surface area contributed by atoms with E-state index in [2.05, 4.69) is 13.2 Å². The van der Waals surface area contributed by atoms with E-state index in [4.69, 9.17) is 0 Å². The molecule has 102 valence electrons. The van der Waals surface area contributed by atoms with E-state index in [-0.39, 0.29) is 13.2 Å². The van der Waals surface area contributed by atoms with Crippen molar-refractivity contribution >= 4 is 11.8 Å². The average Bonchev–Trinajstić information content (AvgIpc) is 2.41. The molecular formula is C17H21FS. The average molecular weight is 276 g/mol. The quantitative estimate of drug-likeness (QED) is 0.622. The van der Waals surface area contributed by atoms with Gasteiger partial charge in [-0.15, -0.1) is 13.2 Å². The van der Waals surface area contributed by atoms with E-state index in [0.29, 0.717) is 0 Å². The molecular weight excluding hydrogens is 255 g/mol. The summed E-state index contributed by atoms with van der Waals surface area (Å²) in [7, 11) is 0. The first-order chi connectivity index (χ1) is 8.78. The lowest BCUT2D eigenvalue weighted by Gasteiger charge is -2.04. The molecule has 0 aromatic heterocycles. The van der Waals surface area contributed by atoms with Crippen LogP contribution in [0.25, 0.3) is 0 Å². The highest BCUT2D eigenvalue weighted by molar-refractivity contribution is 7.99. The number of hydrogen-bond donors (Lipinski definition) is 0. The molecule has 2 rings (SSSR count). The molecule has 0 amide bonds. The zero-order valence-electron chi connectivity index (χ0n) is 10.5. The molecule has 0 unspecified atom stereocenters. The second-order valence-electron chi connectivity index (χ2n) is 3.56. The summed E-state index contributed by atoms with van der Waals surface area (Å²) in [6.45, 7) is 8.03. The molecule has 0 nitrogen and oxygen atoms in total. The molecule has 0 aliphatic heterocycles. The highest BCUT2D eigenvalue weighted by Gasteiger charge is 2.01. The lowest BCUT2D eigenvalue weighted by Crippen LogP contribution is -1.84. The minimum atomic E-state index is -0.155. The van der Waals surface area contributed by atoms with Crippen molar-refractivity contribution in [3.05, 3.63) is 73.1 Å². The maximum Gasteiger partial charge on any atom is 0.124 e. The molecule has 0 aliphatic carbocycles. The van der Waals surface area contributed by atoms with Gasteiger partial charge in [0, 0.05) is 9.79 Å². The largest absolute Gasteiger partial charge is 0.207 e. The van der Waals surface area contributed by atoms with Gasteiger partial charge in [0.25, 0.3) is 0 Å². The van der Waals surface area contributed by atoms with Crippen LogP contribution in [0.5, 0.6) is 0 Å². The fourth-order valence-corrected chi connectivity index (χ4v) is 2.46. The van der Waals surface area contributed by atoms with Crippen molar-refractivity contribution in [3.8, 4) is 0 Å². The maximum atomic E-state index is 13.3. The van der Waals surface area contributed by atoms with E-state index >= 15 is 0 Å². The molecule has 2 aromatic carbocycles. The van der Waals surface area contributed by atoms with E-state index in [9.17, 15) is 4.39 Å². The second-order valence-corrected chi connectivity index (χ2v) is 4.71. The fourth-order valence-electron chi connectivity index (χ4n) is 1.51. The second kappa shape index (κ2) is 9.40. The van der Waals surface area contributed by atoms with Gasteiger partial charge in [-0.1, -0.05) is 44.3 Å². The van der Waals surface area contributed by atoms with Gasteiger partial charge in [0.1, 0.15) is 5.82 Å². The molecule has 0 saturated carbocycles. The van der Waals surface area contributed by atoms with Crippen molar-refractivity contribution in [2.75, 3.05) is 0 Å². The van der Waals surface area contributed by atoms with E-state index < -0.39 is 0 Å². The van der Waals surface area contributed by atoms with Gasteiger partial charge in [0.05, 0.1) is 0 Å². The Morgan fingerprint density at radius 2 is 1.63 bits per heavy atom. The number of benzene rings is 2. The van der Waals surface area contributed by atoms with Crippen molar-refractivity contribution in [1.82, 2.24) is 0 Å². The topological polar surface area (TPSA) is 0 Å². The van der Waals surface area contributed by atoms with Gasteiger partial charge in [-0.2, -0.15) is 0 Å². The summed E-state index contributed by atoms with van der Waals surface area (Å²) in [6.07, 6.45) is 0.861. The molecule has 0 saturated heterocycles. The summed E-state index contributed by atoms with van der Waals surface area (Å²) in [4.78, 5) is 2.10.